The summed E-state index contributed by atoms with van der Waals surface area (Å²) in [5.41, 5.74) is 0. The molecule has 0 nitrogen and oxygen atoms in total. The molecule has 0 aliphatic heterocycles. The fourth-order valence-corrected chi connectivity index (χ4v) is 4.07. The molecule has 1 aromatic rings. The first-order chi connectivity index (χ1) is 4.30. The standard InChI is InChI=1S/C5H4Br2P2/c6-9(7)5-3-1-2-4-8-5/h1-4H. The quantitative estimate of drug-likeness (QED) is 0.685. The summed E-state index contributed by atoms with van der Waals surface area (Å²) >= 11 is 6.98. The summed E-state index contributed by atoms with van der Waals surface area (Å²) in [6.45, 7) is 0. The maximum absolute atomic E-state index is 3.49. The molecule has 0 saturated heterocycles. The molecule has 0 saturated carbocycles. The highest BCUT2D eigenvalue weighted by Crippen LogP contribution is 2.52. The van der Waals surface area contributed by atoms with Crippen LogP contribution >= 0.6 is 44.5 Å². The monoisotopic (exact) mass is 284 g/mol. The summed E-state index contributed by atoms with van der Waals surface area (Å²) in [6.07, 6.45) is 0. The molecule has 0 aromatic carbocycles. The number of hydrogen-bond donors (Lipinski definition) is 0. The van der Waals surface area contributed by atoms with E-state index >= 15 is 0 Å². The zero-order valence-electron chi connectivity index (χ0n) is 4.46. The van der Waals surface area contributed by atoms with Gasteiger partial charge in [0, 0.05) is 5.04 Å². The van der Waals surface area contributed by atoms with Gasteiger partial charge in [0.05, 0.1) is 5.33 Å². The zero-order valence-corrected chi connectivity index (χ0v) is 9.42. The van der Waals surface area contributed by atoms with E-state index in [-0.39, 0.29) is 5.33 Å². The largest absolute Gasteiger partial charge is 0.0701 e. The predicted octanol–water partition coefficient (Wildman–Crippen LogP) is 3.99. The molecule has 0 amide bonds. The Morgan fingerprint density at radius 2 is 2.11 bits per heavy atom. The summed E-state index contributed by atoms with van der Waals surface area (Å²) in [5.74, 6) is 2.13. The molecule has 0 aliphatic rings. The van der Waals surface area contributed by atoms with Gasteiger partial charge in [0.2, 0.25) is 0 Å². The summed E-state index contributed by atoms with van der Waals surface area (Å²) in [6, 6.07) is 6.25. The minimum absolute atomic E-state index is 0.227. The average Bonchev–Trinajstić information content (AvgIpc) is 1.90. The lowest BCUT2D eigenvalue weighted by molar-refractivity contribution is 1.92. The first-order valence-corrected chi connectivity index (χ1v) is 8.67. The van der Waals surface area contributed by atoms with Gasteiger partial charge in [0.1, 0.15) is 0 Å². The van der Waals surface area contributed by atoms with Crippen LogP contribution < -0.4 is 5.04 Å². The molecule has 0 radical (unpaired) electrons. The topological polar surface area (TPSA) is 0 Å². The van der Waals surface area contributed by atoms with Crippen LogP contribution in [0.3, 0.4) is 0 Å². The van der Waals surface area contributed by atoms with E-state index in [4.69, 9.17) is 0 Å². The first-order valence-electron chi connectivity index (χ1n) is 2.33. The molecule has 0 aliphatic carbocycles. The third kappa shape index (κ3) is 2.63. The maximum atomic E-state index is 3.49. The Morgan fingerprint density at radius 3 is 2.44 bits per heavy atom. The molecule has 0 bridgehead atoms. The van der Waals surface area contributed by atoms with Crippen LogP contribution in [0.15, 0.2) is 24.0 Å². The van der Waals surface area contributed by atoms with Crippen molar-refractivity contribution in [2.75, 3.05) is 0 Å². The van der Waals surface area contributed by atoms with E-state index in [9.17, 15) is 0 Å². The minimum Gasteiger partial charge on any atom is -0.0662 e. The fourth-order valence-electron chi connectivity index (χ4n) is 0.454. The van der Waals surface area contributed by atoms with E-state index in [2.05, 4.69) is 55.0 Å². The molecule has 0 N–H and O–H groups in total. The van der Waals surface area contributed by atoms with Crippen LogP contribution in [0.4, 0.5) is 0 Å². The molecule has 0 unspecified atom stereocenters. The molecule has 1 rings (SSSR count). The Bertz CT molecular complexity index is 176. The molecule has 0 atom stereocenters. The molecular formula is C5H4Br2P2. The lowest BCUT2D eigenvalue weighted by atomic mass is 10.6. The molecule has 0 fully saturated rings. The molecule has 0 spiro atoms. The Kier molecular flexibility index (Phi) is 3.65. The minimum atomic E-state index is -0.227. The normalized spacial score (nSPS) is 11.0. The van der Waals surface area contributed by atoms with Crippen molar-refractivity contribution >= 4 is 49.5 Å². The Hall–Kier alpha value is 1.04. The van der Waals surface area contributed by atoms with Crippen molar-refractivity contribution in [3.63, 3.8) is 0 Å². The lowest BCUT2D eigenvalue weighted by Crippen LogP contribution is -1.82. The molecule has 1 aromatic heterocycles. The first kappa shape index (κ1) is 8.14. The van der Waals surface area contributed by atoms with Crippen molar-refractivity contribution in [3.8, 4) is 0 Å². The van der Waals surface area contributed by atoms with Crippen LogP contribution in [0.25, 0.3) is 0 Å². The molecule has 9 heavy (non-hydrogen) atoms. The summed E-state index contributed by atoms with van der Waals surface area (Å²) in [5, 5.41) is 1.18. The van der Waals surface area contributed by atoms with E-state index in [1.54, 1.807) is 0 Å². The van der Waals surface area contributed by atoms with E-state index < -0.39 is 0 Å². The second-order valence-electron chi connectivity index (χ2n) is 1.42. The van der Waals surface area contributed by atoms with Crippen LogP contribution in [0.1, 0.15) is 0 Å². The molecule has 1 heterocycles. The summed E-state index contributed by atoms with van der Waals surface area (Å²) in [4.78, 5) is 0. The van der Waals surface area contributed by atoms with Gasteiger partial charge in [-0.2, -0.15) is 0 Å². The summed E-state index contributed by atoms with van der Waals surface area (Å²) < 4.78 is 0. The third-order valence-electron chi connectivity index (χ3n) is 0.822. The zero-order chi connectivity index (χ0) is 6.69. The van der Waals surface area contributed by atoms with E-state index in [1.807, 2.05) is 0 Å². The number of halogens is 2. The molecule has 48 valence electrons. The van der Waals surface area contributed by atoms with E-state index in [0.29, 0.717) is 0 Å². The van der Waals surface area contributed by atoms with E-state index in [0.717, 1.165) is 0 Å². The van der Waals surface area contributed by atoms with Crippen LogP contribution in [0, 0.1) is 0 Å². The highest BCUT2D eigenvalue weighted by atomic mass is 79.9. The van der Waals surface area contributed by atoms with Crippen LogP contribution in [-0.2, 0) is 0 Å². The van der Waals surface area contributed by atoms with Crippen LogP contribution in [0.5, 0.6) is 0 Å². The van der Waals surface area contributed by atoms with Gasteiger partial charge in [-0.25, -0.2) is 0 Å². The average molecular weight is 286 g/mol. The van der Waals surface area contributed by atoms with Crippen molar-refractivity contribution in [2.45, 2.75) is 0 Å². The fraction of sp³-hybridized carbons (Fsp3) is 0. The Morgan fingerprint density at radius 1 is 1.33 bits per heavy atom. The van der Waals surface area contributed by atoms with Crippen LogP contribution in [0.2, 0.25) is 0 Å². The Labute approximate surface area is 73.4 Å². The second kappa shape index (κ2) is 4.03. The van der Waals surface area contributed by atoms with Gasteiger partial charge in [0.15, 0.2) is 0 Å². The second-order valence-corrected chi connectivity index (χ2v) is 10.9. The SMILES string of the molecule is BrP(Br)c1ccccp1. The maximum Gasteiger partial charge on any atom is 0.0701 e. The molecular weight excluding hydrogens is 282 g/mol. The van der Waals surface area contributed by atoms with Gasteiger partial charge >= 0.3 is 0 Å². The van der Waals surface area contributed by atoms with Gasteiger partial charge in [0.25, 0.3) is 0 Å². The van der Waals surface area contributed by atoms with Gasteiger partial charge in [-0.15, -0.1) is 0 Å². The third-order valence-corrected chi connectivity index (χ3v) is 6.94. The van der Waals surface area contributed by atoms with Crippen molar-refractivity contribution < 1.29 is 0 Å². The highest BCUT2D eigenvalue weighted by molar-refractivity contribution is 9.70. The lowest BCUT2D eigenvalue weighted by Gasteiger charge is -1.96. The van der Waals surface area contributed by atoms with Crippen molar-refractivity contribution in [3.05, 3.63) is 24.0 Å². The van der Waals surface area contributed by atoms with Crippen molar-refractivity contribution in [1.29, 1.82) is 0 Å². The predicted molar refractivity (Wildman–Crippen MR) is 53.4 cm³/mol. The van der Waals surface area contributed by atoms with Gasteiger partial charge in [-0.3, -0.25) is 0 Å². The van der Waals surface area contributed by atoms with Crippen LogP contribution in [-0.4, -0.2) is 0 Å². The summed E-state index contributed by atoms with van der Waals surface area (Å²) in [7, 11) is 1.31. The number of rotatable bonds is 1. The Balaban J connectivity index is 2.85. The smallest absolute Gasteiger partial charge is 0.0662 e. The van der Waals surface area contributed by atoms with Gasteiger partial charge in [-0.1, -0.05) is 20.3 Å². The molecule has 4 heteroatoms. The van der Waals surface area contributed by atoms with Gasteiger partial charge in [-0.05, 0) is 42.8 Å². The van der Waals surface area contributed by atoms with Gasteiger partial charge < -0.3 is 0 Å². The van der Waals surface area contributed by atoms with E-state index in [1.165, 1.54) is 13.2 Å². The number of hydrogen-bond acceptors (Lipinski definition) is 0. The highest BCUT2D eigenvalue weighted by Gasteiger charge is 1.98. The van der Waals surface area contributed by atoms with Crippen molar-refractivity contribution in [2.24, 2.45) is 0 Å². The van der Waals surface area contributed by atoms with Crippen molar-refractivity contribution in [1.82, 2.24) is 0 Å².